The molecule has 8 aromatic heterocycles. The molecule has 18 heteroatoms. The summed E-state index contributed by atoms with van der Waals surface area (Å²) in [5.74, 6) is 2.15. The minimum atomic E-state index is -2.06. The van der Waals surface area contributed by atoms with Crippen molar-refractivity contribution in [2.45, 2.75) is 139 Å². The Morgan fingerprint density at radius 1 is 0.243 bits per heavy atom. The van der Waals surface area contributed by atoms with Crippen LogP contribution in [-0.2, 0) is 20.4 Å². The van der Waals surface area contributed by atoms with Crippen molar-refractivity contribution in [2.75, 3.05) is 19.8 Å². The van der Waals surface area contributed by atoms with E-state index in [4.69, 9.17) is 14.2 Å². The van der Waals surface area contributed by atoms with Crippen LogP contribution in [0.5, 0.6) is 17.6 Å². The molecule has 0 spiro atoms. The van der Waals surface area contributed by atoms with Gasteiger partial charge in [0.15, 0.2) is 0 Å². The molecule has 0 amide bonds. The van der Waals surface area contributed by atoms with Crippen molar-refractivity contribution < 1.29 is 34.6 Å². The molecule has 144 heavy (non-hydrogen) atoms. The zero-order valence-electron chi connectivity index (χ0n) is 83.5. The van der Waals surface area contributed by atoms with E-state index in [9.17, 15) is 0 Å². The maximum Gasteiger partial charge on any atom is 0 e. The Labute approximate surface area is 907 Å². The van der Waals surface area contributed by atoms with E-state index in [-0.39, 0.29) is 20.4 Å². The Morgan fingerprint density at radius 3 is 0.681 bits per heavy atom. The van der Waals surface area contributed by atoms with Gasteiger partial charge in [0, 0.05) is 92.9 Å². The van der Waals surface area contributed by atoms with E-state index in [1.165, 1.54) is 157 Å². The molecule has 8 heterocycles. The van der Waals surface area contributed by atoms with Crippen LogP contribution in [0, 0.1) is 6.92 Å². The third-order valence-corrected chi connectivity index (χ3v) is 58.2. The number of benzene rings is 12. The molecule has 20 aromatic rings. The molecule has 6 nitrogen and oxygen atoms in total. The van der Waals surface area contributed by atoms with E-state index in [1.54, 1.807) is 47.3 Å². The standard InChI is InChI=1S/C26H26N2O2S3.4C18H15P.C11H12BrNOS.C5H5S.3C4H9.Pd.Sn/c1-3-5-9-29-25-13-17-11-21(32-23(17)15-27-25)19-7-8-20(31-19)22-12-18-14-26(30-10-6-4-2)28-16-24(18)33-22;4*1-4-10-16(11-5-1)19(17-12-6-2-7-13-17)18-14-8-3-9-15-18;1-2-3-4-14-11-6-8-5-10(12)15-9(8)7-13-11;1-5-3-2-4-6-5;3*1-3-4-2;;/h7-8,11-16H,3-6,9-10H2,1-2H3;4*1-15H;5-7H,2-4H2,1H3;2-3H,1H3;3*1,3-4H2,2H3;;. The van der Waals surface area contributed by atoms with Crippen molar-refractivity contribution in [1.82, 2.24) is 15.0 Å². The summed E-state index contributed by atoms with van der Waals surface area (Å²) < 4.78 is 28.5. The van der Waals surface area contributed by atoms with Gasteiger partial charge < -0.3 is 14.2 Å². The summed E-state index contributed by atoms with van der Waals surface area (Å²) in [5.41, 5.74) is 0. The Morgan fingerprint density at radius 2 is 0.465 bits per heavy atom. The van der Waals surface area contributed by atoms with Gasteiger partial charge in [0.1, 0.15) is 0 Å². The SMILES string of the molecule is CCCCOc1cc2cc(-c3ccc(-c4cc5cc(OCCCC)ncc5s4)s3)sc2cn1.CCCCOc1cc2cc(Br)sc2cn1.CCC[CH2][Sn]([CH2]CCC)([CH2]CCC)[c]1ccc(C)s1.[Pd].c1ccc(P(c2ccccc2)c2ccccc2)cc1.c1ccc(P(c2ccccc2)c2ccccc2)cc1.c1ccc(P(c2ccccc2)c2ccccc2)cc1.c1ccc(P(c2ccccc2)c2ccccc2)cc1. The zero-order valence-corrected chi connectivity index (χ0v) is 97.1. The molecule has 738 valence electrons. The molecular weight excluding hydrogens is 2190 g/mol. The second-order valence-corrected chi connectivity index (χ2v) is 64.6. The number of ether oxygens (including phenoxy) is 3. The molecule has 20 rings (SSSR count). The molecule has 0 N–H and O–H groups in total. The fraction of sp³-hybridized carbons (Fsp3) is 0.198. The van der Waals surface area contributed by atoms with Gasteiger partial charge in [-0.3, -0.25) is 0 Å². The van der Waals surface area contributed by atoms with Gasteiger partial charge in [-0.1, -0.05) is 404 Å². The minimum Gasteiger partial charge on any atom is -0.0622 e. The topological polar surface area (TPSA) is 66.4 Å². The van der Waals surface area contributed by atoms with Gasteiger partial charge in [0.25, 0.3) is 0 Å². The van der Waals surface area contributed by atoms with Crippen LogP contribution >= 0.6 is 104 Å². The second kappa shape index (κ2) is 61.9. The van der Waals surface area contributed by atoms with E-state index in [0.29, 0.717) is 11.8 Å². The average molecular weight is 2320 g/mol. The number of halogens is 1. The van der Waals surface area contributed by atoms with Gasteiger partial charge in [-0.2, -0.15) is 0 Å². The fourth-order valence-corrected chi connectivity index (χ4v) is 50.9. The first kappa shape index (κ1) is 112. The van der Waals surface area contributed by atoms with Gasteiger partial charge in [-0.25, -0.2) is 15.0 Å². The Hall–Kier alpha value is -9.57. The van der Waals surface area contributed by atoms with Gasteiger partial charge in [0.05, 0.1) is 37.7 Å². The number of pyridine rings is 3. The van der Waals surface area contributed by atoms with Crippen LogP contribution in [0.25, 0.3) is 49.8 Å². The van der Waals surface area contributed by atoms with Crippen LogP contribution < -0.4 is 80.8 Å². The first-order chi connectivity index (χ1) is 70.5. The summed E-state index contributed by atoms with van der Waals surface area (Å²) >= 11 is 10.6. The van der Waals surface area contributed by atoms with Gasteiger partial charge >= 0.3 is 129 Å². The maximum absolute atomic E-state index is 5.78. The molecule has 12 aromatic carbocycles. The smallest absolute Gasteiger partial charge is 0 e. The summed E-state index contributed by atoms with van der Waals surface area (Å²) in [6.45, 7) is 18.0. The monoisotopic (exact) mass is 2320 g/mol. The predicted octanol–water partition coefficient (Wildman–Crippen LogP) is 32.8. The summed E-state index contributed by atoms with van der Waals surface area (Å²) in [5, 5.41) is 20.3. The zero-order chi connectivity index (χ0) is 99.1. The van der Waals surface area contributed by atoms with Crippen LogP contribution in [0.1, 0.15) is 123 Å². The molecule has 0 bridgehead atoms. The normalized spacial score (nSPS) is 10.9. The van der Waals surface area contributed by atoms with Crippen molar-refractivity contribution in [1.29, 1.82) is 0 Å². The van der Waals surface area contributed by atoms with Crippen LogP contribution in [-0.4, -0.2) is 53.1 Å². The molecule has 0 aliphatic heterocycles. The molecule has 0 aliphatic rings. The molecule has 0 aliphatic carbocycles. The molecule has 0 unspecified atom stereocenters. The van der Waals surface area contributed by atoms with E-state index in [0.717, 1.165) is 68.0 Å². The van der Waals surface area contributed by atoms with Crippen LogP contribution in [0.2, 0.25) is 13.3 Å². The Bertz CT molecular complexity index is 5980. The number of unbranched alkanes of at least 4 members (excludes halogenated alkanes) is 6. The number of aromatic nitrogens is 3. The fourth-order valence-electron chi connectivity index (χ4n) is 16.5. The van der Waals surface area contributed by atoms with E-state index >= 15 is 0 Å². The van der Waals surface area contributed by atoms with Crippen molar-refractivity contribution in [3.8, 4) is 37.1 Å². The number of nitrogens with zero attached hydrogens (tertiary/aromatic N) is 3. The maximum atomic E-state index is 5.78. The van der Waals surface area contributed by atoms with Crippen molar-refractivity contribution in [2.24, 2.45) is 0 Å². The molecule has 0 saturated carbocycles. The summed E-state index contributed by atoms with van der Waals surface area (Å²) in [7, 11) is -1.78. The third-order valence-electron chi connectivity index (χ3n) is 23.9. The Balaban J connectivity index is 0.000000143. The first-order valence-electron chi connectivity index (χ1n) is 50.2. The van der Waals surface area contributed by atoms with Crippen LogP contribution in [0.3, 0.4) is 0 Å². The molecule has 0 atom stereocenters. The number of hydrogen-bond donors (Lipinski definition) is 0. The Kier molecular flexibility index (Phi) is 48.0. The van der Waals surface area contributed by atoms with E-state index in [1.807, 2.05) is 38.9 Å². The number of hydrogen-bond acceptors (Lipinski definition) is 11. The molecule has 0 saturated heterocycles. The quantitative estimate of drug-likeness (QED) is 0.0221. The third kappa shape index (κ3) is 34.0. The summed E-state index contributed by atoms with van der Waals surface area (Å²) in [6, 6.07) is 151. The summed E-state index contributed by atoms with van der Waals surface area (Å²) in [4.78, 5) is 19.8. The average Bonchev–Trinajstić information content (AvgIpc) is 1.71. The van der Waals surface area contributed by atoms with Crippen LogP contribution in [0.15, 0.2) is 447 Å². The second-order valence-electron chi connectivity index (χ2n) is 34.6. The summed E-state index contributed by atoms with van der Waals surface area (Å²) in [6.07, 6.45) is 20.8. The van der Waals surface area contributed by atoms with Gasteiger partial charge in [-0.15, -0.1) is 45.3 Å². The largest absolute Gasteiger partial charge is 0.0622 e. The molecular formula is C126H130BrN3O3P4PdS5Sn. The number of fused-ring (bicyclic) bond motifs is 3. The molecule has 0 fully saturated rings. The van der Waals surface area contributed by atoms with E-state index < -0.39 is 50.1 Å². The number of thiophene rings is 5. The number of rotatable bonds is 36. The van der Waals surface area contributed by atoms with Crippen molar-refractivity contribution in [3.05, 3.63) is 452 Å². The van der Waals surface area contributed by atoms with E-state index in [2.05, 4.69) is 509 Å². The van der Waals surface area contributed by atoms with Crippen molar-refractivity contribution >= 4 is 219 Å². The van der Waals surface area contributed by atoms with Gasteiger partial charge in [-0.05, 0) is 161 Å². The minimum absolute atomic E-state index is 0. The first-order valence-corrected chi connectivity index (χ1v) is 67.9. The van der Waals surface area contributed by atoms with Crippen LogP contribution in [0.4, 0.5) is 0 Å². The number of aryl methyl sites for hydroxylation is 1. The predicted molar refractivity (Wildman–Crippen MR) is 644 cm³/mol. The van der Waals surface area contributed by atoms with Crippen molar-refractivity contribution in [3.63, 3.8) is 0 Å². The van der Waals surface area contributed by atoms with Gasteiger partial charge in [0.2, 0.25) is 17.6 Å². The molecule has 0 radical (unpaired) electrons.